The van der Waals surface area contributed by atoms with Gasteiger partial charge in [-0.1, -0.05) is 41.1 Å². The quantitative estimate of drug-likeness (QED) is 0.704. The number of aromatic nitrogens is 1. The SMILES string of the molecule is [O-]c1c(Cl)cc(Cl)c2ccc(CCc3ccc(F)cc3)nc12. The third-order valence-corrected chi connectivity index (χ3v) is 4.07. The molecule has 0 bridgehead atoms. The second kappa shape index (κ2) is 6.11. The lowest BCUT2D eigenvalue weighted by molar-refractivity contribution is -0.265. The standard InChI is InChI=1S/C17H12Cl2FNO/c18-14-9-15(19)17(22)16-13(14)8-7-12(21-16)6-3-10-1-4-11(20)5-2-10/h1-2,4-5,7-9,22H,3,6H2/p-1. The predicted molar refractivity (Wildman–Crippen MR) is 85.0 cm³/mol. The first-order valence-electron chi connectivity index (χ1n) is 6.73. The molecule has 0 saturated heterocycles. The van der Waals surface area contributed by atoms with Crippen LogP contribution in [0.1, 0.15) is 11.3 Å². The lowest BCUT2D eigenvalue weighted by Gasteiger charge is -2.14. The number of fused-ring (bicyclic) bond motifs is 1. The highest BCUT2D eigenvalue weighted by Crippen LogP contribution is 2.34. The number of nitrogens with zero attached hydrogens (tertiary/aromatic N) is 1. The molecule has 2 nitrogen and oxygen atoms in total. The first-order chi connectivity index (χ1) is 10.5. The van der Waals surface area contributed by atoms with E-state index in [1.165, 1.54) is 18.2 Å². The van der Waals surface area contributed by atoms with Crippen LogP contribution in [0.3, 0.4) is 0 Å². The van der Waals surface area contributed by atoms with Gasteiger partial charge in [-0.25, -0.2) is 4.39 Å². The second-order valence-corrected chi connectivity index (χ2v) is 5.81. The Kier molecular flexibility index (Phi) is 4.19. The third kappa shape index (κ3) is 3.01. The summed E-state index contributed by atoms with van der Waals surface area (Å²) in [7, 11) is 0. The fourth-order valence-corrected chi connectivity index (χ4v) is 2.81. The van der Waals surface area contributed by atoms with E-state index in [4.69, 9.17) is 23.2 Å². The van der Waals surface area contributed by atoms with E-state index in [1.807, 2.05) is 6.07 Å². The Balaban J connectivity index is 1.88. The first kappa shape index (κ1) is 15.1. The third-order valence-electron chi connectivity index (χ3n) is 3.48. The molecule has 0 N–H and O–H groups in total. The van der Waals surface area contributed by atoms with Gasteiger partial charge in [-0.3, -0.25) is 4.98 Å². The molecule has 0 saturated carbocycles. The van der Waals surface area contributed by atoms with Gasteiger partial charge in [0, 0.05) is 16.1 Å². The molecule has 5 heteroatoms. The molecule has 112 valence electrons. The van der Waals surface area contributed by atoms with Crippen molar-refractivity contribution in [2.45, 2.75) is 12.8 Å². The van der Waals surface area contributed by atoms with Gasteiger partial charge in [-0.05, 0) is 48.7 Å². The largest absolute Gasteiger partial charge is 0.870 e. The first-order valence-corrected chi connectivity index (χ1v) is 7.49. The molecular formula is C17H11Cl2FNO-. The minimum Gasteiger partial charge on any atom is -0.870 e. The molecule has 0 radical (unpaired) electrons. The summed E-state index contributed by atoms with van der Waals surface area (Å²) >= 11 is 11.9. The molecule has 0 atom stereocenters. The summed E-state index contributed by atoms with van der Waals surface area (Å²) in [6.45, 7) is 0. The molecule has 3 aromatic rings. The van der Waals surface area contributed by atoms with Crippen molar-refractivity contribution in [1.82, 2.24) is 4.98 Å². The van der Waals surface area contributed by atoms with E-state index in [-0.39, 0.29) is 22.1 Å². The normalized spacial score (nSPS) is 11.0. The van der Waals surface area contributed by atoms with Gasteiger partial charge < -0.3 is 5.11 Å². The minimum absolute atomic E-state index is 0.0701. The van der Waals surface area contributed by atoms with Crippen molar-refractivity contribution in [3.63, 3.8) is 0 Å². The van der Waals surface area contributed by atoms with Crippen LogP contribution in [0.25, 0.3) is 10.9 Å². The number of rotatable bonds is 3. The number of hydrogen-bond donors (Lipinski definition) is 0. The van der Waals surface area contributed by atoms with Crippen LogP contribution in [-0.2, 0) is 12.8 Å². The Morgan fingerprint density at radius 1 is 0.955 bits per heavy atom. The molecule has 2 aromatic carbocycles. The highest BCUT2D eigenvalue weighted by Gasteiger charge is 2.07. The zero-order valence-electron chi connectivity index (χ0n) is 11.4. The van der Waals surface area contributed by atoms with Gasteiger partial charge in [0.1, 0.15) is 5.82 Å². The molecule has 0 spiro atoms. The van der Waals surface area contributed by atoms with Gasteiger partial charge in [0.05, 0.1) is 10.5 Å². The topological polar surface area (TPSA) is 36.0 Å². The van der Waals surface area contributed by atoms with Crippen LogP contribution in [0.2, 0.25) is 10.0 Å². The molecule has 0 fully saturated rings. The maximum absolute atomic E-state index is 12.9. The maximum Gasteiger partial charge on any atom is 0.123 e. The maximum atomic E-state index is 12.9. The number of halogens is 3. The summed E-state index contributed by atoms with van der Waals surface area (Å²) < 4.78 is 12.9. The lowest BCUT2D eigenvalue weighted by atomic mass is 10.1. The van der Waals surface area contributed by atoms with Crippen LogP contribution in [0, 0.1) is 5.82 Å². The summed E-state index contributed by atoms with van der Waals surface area (Å²) in [4.78, 5) is 4.37. The van der Waals surface area contributed by atoms with Crippen molar-refractivity contribution in [2.24, 2.45) is 0 Å². The average molecular weight is 335 g/mol. The molecule has 1 heterocycles. The van der Waals surface area contributed by atoms with Crippen LogP contribution in [-0.4, -0.2) is 4.98 Å². The highest BCUT2D eigenvalue weighted by molar-refractivity contribution is 6.39. The van der Waals surface area contributed by atoms with Crippen LogP contribution >= 0.6 is 23.2 Å². The highest BCUT2D eigenvalue weighted by atomic mass is 35.5. The lowest BCUT2D eigenvalue weighted by Crippen LogP contribution is -1.99. The van der Waals surface area contributed by atoms with E-state index in [0.717, 1.165) is 11.3 Å². The van der Waals surface area contributed by atoms with Crippen molar-refractivity contribution in [3.05, 3.63) is 69.6 Å². The Bertz CT molecular complexity index is 834. The van der Waals surface area contributed by atoms with Gasteiger partial charge >= 0.3 is 0 Å². The predicted octanol–water partition coefficient (Wildman–Crippen LogP) is 4.54. The number of benzene rings is 2. The van der Waals surface area contributed by atoms with Gasteiger partial charge in [0.2, 0.25) is 0 Å². The molecular weight excluding hydrogens is 324 g/mol. The fraction of sp³-hybridized carbons (Fsp3) is 0.118. The molecule has 0 aliphatic heterocycles. The summed E-state index contributed by atoms with van der Waals surface area (Å²) in [6.07, 6.45) is 1.35. The Labute approximate surface area is 137 Å². The molecule has 1 aromatic heterocycles. The monoisotopic (exact) mass is 334 g/mol. The molecule has 0 unspecified atom stereocenters. The Morgan fingerprint density at radius 3 is 2.41 bits per heavy atom. The molecule has 0 aliphatic rings. The summed E-state index contributed by atoms with van der Waals surface area (Å²) in [5.41, 5.74) is 2.07. The van der Waals surface area contributed by atoms with E-state index >= 15 is 0 Å². The Morgan fingerprint density at radius 2 is 1.68 bits per heavy atom. The summed E-state index contributed by atoms with van der Waals surface area (Å²) in [5.74, 6) is -0.572. The van der Waals surface area contributed by atoms with E-state index in [9.17, 15) is 9.50 Å². The van der Waals surface area contributed by atoms with E-state index in [1.54, 1.807) is 18.2 Å². The van der Waals surface area contributed by atoms with Crippen LogP contribution < -0.4 is 5.11 Å². The number of hydrogen-bond acceptors (Lipinski definition) is 2. The summed E-state index contributed by atoms with van der Waals surface area (Å²) in [5, 5.41) is 13.1. The van der Waals surface area contributed by atoms with Crippen LogP contribution in [0.4, 0.5) is 4.39 Å². The van der Waals surface area contributed by atoms with Gasteiger partial charge in [-0.15, -0.1) is 0 Å². The average Bonchev–Trinajstić information content (AvgIpc) is 2.52. The molecule has 0 amide bonds. The second-order valence-electron chi connectivity index (χ2n) is 4.99. The van der Waals surface area contributed by atoms with Crippen molar-refractivity contribution in [3.8, 4) is 5.75 Å². The van der Waals surface area contributed by atoms with E-state index in [0.29, 0.717) is 23.3 Å². The number of pyridine rings is 1. The minimum atomic E-state index is -0.315. The zero-order chi connectivity index (χ0) is 15.7. The smallest absolute Gasteiger partial charge is 0.123 e. The van der Waals surface area contributed by atoms with Crippen LogP contribution in [0.15, 0.2) is 42.5 Å². The summed E-state index contributed by atoms with van der Waals surface area (Å²) in [6, 6.07) is 11.4. The molecule has 3 rings (SSSR count). The van der Waals surface area contributed by atoms with Crippen molar-refractivity contribution in [2.75, 3.05) is 0 Å². The fourth-order valence-electron chi connectivity index (χ4n) is 2.30. The molecule has 22 heavy (non-hydrogen) atoms. The van der Waals surface area contributed by atoms with E-state index < -0.39 is 0 Å². The number of aryl methyl sites for hydroxylation is 2. The van der Waals surface area contributed by atoms with Crippen molar-refractivity contribution in [1.29, 1.82) is 0 Å². The van der Waals surface area contributed by atoms with Crippen molar-refractivity contribution >= 4 is 34.1 Å². The van der Waals surface area contributed by atoms with Crippen molar-refractivity contribution < 1.29 is 9.50 Å². The van der Waals surface area contributed by atoms with E-state index in [2.05, 4.69) is 4.98 Å². The van der Waals surface area contributed by atoms with Gasteiger partial charge in [0.25, 0.3) is 0 Å². The molecule has 0 aliphatic carbocycles. The zero-order valence-corrected chi connectivity index (χ0v) is 13.0. The van der Waals surface area contributed by atoms with Crippen LogP contribution in [0.5, 0.6) is 5.75 Å². The van der Waals surface area contributed by atoms with Gasteiger partial charge in [-0.2, -0.15) is 0 Å². The Hall–Kier alpha value is -1.84. The van der Waals surface area contributed by atoms with Gasteiger partial charge in [0.15, 0.2) is 0 Å².